The van der Waals surface area contributed by atoms with Crippen LogP contribution in [-0.4, -0.2) is 74.0 Å². The molecule has 202 valence electrons. The van der Waals surface area contributed by atoms with E-state index in [9.17, 15) is 22.8 Å². The standard InChI is InChI=1S/C24H24F3N5O5S/c1-31-18-5-2-14(19(35)6-7-21(36)32(8-10-33)9-11-34)12-17(18)28-22(31)30-23-29-16-4-3-15(13-20(16)38-23)37-24(25,26)27/h2-5,12-13,33-34H,6-11H2,1H3,(H,28,29,30). The molecule has 0 unspecified atom stereocenters. The van der Waals surface area contributed by atoms with Crippen molar-refractivity contribution in [3.05, 3.63) is 42.0 Å². The van der Waals surface area contributed by atoms with Crippen LogP contribution in [0, 0.1) is 0 Å². The second kappa shape index (κ2) is 11.3. The molecule has 0 aliphatic carbocycles. The van der Waals surface area contributed by atoms with Gasteiger partial charge in [0, 0.05) is 44.6 Å². The zero-order chi connectivity index (χ0) is 27.4. The maximum absolute atomic E-state index is 12.7. The van der Waals surface area contributed by atoms with Gasteiger partial charge in [-0.2, -0.15) is 0 Å². The lowest BCUT2D eigenvalue weighted by Gasteiger charge is -2.20. The number of alkyl halides is 3. The molecule has 0 atom stereocenters. The van der Waals surface area contributed by atoms with E-state index in [2.05, 4.69) is 20.0 Å². The molecule has 4 aromatic rings. The molecule has 14 heteroatoms. The van der Waals surface area contributed by atoms with Gasteiger partial charge in [-0.3, -0.25) is 9.59 Å². The van der Waals surface area contributed by atoms with Crippen LogP contribution in [0.3, 0.4) is 0 Å². The first-order valence-electron chi connectivity index (χ1n) is 11.5. The number of rotatable bonds is 11. The molecule has 38 heavy (non-hydrogen) atoms. The minimum absolute atomic E-state index is 0.0403. The van der Waals surface area contributed by atoms with Gasteiger partial charge in [0.25, 0.3) is 0 Å². The third kappa shape index (κ3) is 6.38. The fraction of sp³-hybridized carbons (Fsp3) is 0.333. The van der Waals surface area contributed by atoms with E-state index in [0.29, 0.717) is 32.4 Å². The SMILES string of the molecule is Cn1c(Nc2nc3ccc(OC(F)(F)F)cc3s2)nc2cc(C(=O)CCC(=O)N(CCO)CCO)ccc21. The smallest absolute Gasteiger partial charge is 0.406 e. The normalized spacial score (nSPS) is 11.7. The van der Waals surface area contributed by atoms with E-state index >= 15 is 0 Å². The molecule has 0 aliphatic rings. The summed E-state index contributed by atoms with van der Waals surface area (Å²) < 4.78 is 43.7. The number of carbonyl (C=O) groups is 2. The molecule has 10 nitrogen and oxygen atoms in total. The lowest BCUT2D eigenvalue weighted by molar-refractivity contribution is -0.274. The third-order valence-corrected chi connectivity index (χ3v) is 6.61. The number of aromatic nitrogens is 3. The Morgan fingerprint density at radius 2 is 1.79 bits per heavy atom. The number of hydrogen-bond donors (Lipinski definition) is 3. The number of imidazole rings is 1. The second-order valence-electron chi connectivity index (χ2n) is 8.27. The van der Waals surface area contributed by atoms with Crippen LogP contribution in [0.1, 0.15) is 23.2 Å². The molecule has 2 heterocycles. The number of amides is 1. The number of ether oxygens (including phenoxy) is 1. The summed E-state index contributed by atoms with van der Waals surface area (Å²) in [5.41, 5.74) is 2.11. The Labute approximate surface area is 218 Å². The fourth-order valence-corrected chi connectivity index (χ4v) is 4.75. The molecule has 0 fully saturated rings. The van der Waals surface area contributed by atoms with E-state index in [4.69, 9.17) is 10.2 Å². The lowest BCUT2D eigenvalue weighted by Crippen LogP contribution is -2.36. The van der Waals surface area contributed by atoms with E-state index in [1.807, 2.05) is 0 Å². The minimum Gasteiger partial charge on any atom is -0.406 e. The number of thiazole rings is 1. The first-order valence-corrected chi connectivity index (χ1v) is 12.3. The Bertz CT molecular complexity index is 1460. The van der Waals surface area contributed by atoms with Crippen LogP contribution in [0.25, 0.3) is 21.3 Å². The van der Waals surface area contributed by atoms with Crippen LogP contribution in [-0.2, 0) is 11.8 Å². The Morgan fingerprint density at radius 3 is 2.47 bits per heavy atom. The van der Waals surface area contributed by atoms with Gasteiger partial charge in [0.1, 0.15) is 5.75 Å². The number of nitrogens with one attached hydrogen (secondary N) is 1. The zero-order valence-electron chi connectivity index (χ0n) is 20.2. The monoisotopic (exact) mass is 551 g/mol. The molecule has 0 bridgehead atoms. The summed E-state index contributed by atoms with van der Waals surface area (Å²) in [6, 6.07) is 8.87. The fourth-order valence-electron chi connectivity index (χ4n) is 3.86. The minimum atomic E-state index is -4.79. The number of halogens is 3. The lowest BCUT2D eigenvalue weighted by atomic mass is 10.1. The van der Waals surface area contributed by atoms with Crippen LogP contribution in [0.4, 0.5) is 24.3 Å². The van der Waals surface area contributed by atoms with E-state index in [1.165, 1.54) is 23.1 Å². The van der Waals surface area contributed by atoms with Crippen LogP contribution in [0.2, 0.25) is 0 Å². The Kier molecular flexibility index (Phi) is 8.14. The van der Waals surface area contributed by atoms with Gasteiger partial charge >= 0.3 is 6.36 Å². The number of nitrogens with zero attached hydrogens (tertiary/aromatic N) is 4. The average Bonchev–Trinajstić information content (AvgIpc) is 3.40. The highest BCUT2D eigenvalue weighted by atomic mass is 32.1. The van der Waals surface area contributed by atoms with Gasteiger partial charge in [0.15, 0.2) is 10.9 Å². The molecular weight excluding hydrogens is 527 g/mol. The number of aryl methyl sites for hydroxylation is 1. The summed E-state index contributed by atoms with van der Waals surface area (Å²) in [5, 5.41) is 21.6. The molecule has 0 aliphatic heterocycles. The molecule has 0 saturated heterocycles. The molecule has 0 saturated carbocycles. The number of aliphatic hydroxyl groups is 2. The van der Waals surface area contributed by atoms with Gasteiger partial charge in [0.05, 0.1) is 34.5 Å². The van der Waals surface area contributed by atoms with Crippen molar-refractivity contribution in [3.8, 4) is 5.75 Å². The Morgan fingerprint density at radius 1 is 1.05 bits per heavy atom. The molecule has 3 N–H and O–H groups in total. The zero-order valence-corrected chi connectivity index (χ0v) is 21.0. The highest BCUT2D eigenvalue weighted by Gasteiger charge is 2.31. The summed E-state index contributed by atoms with van der Waals surface area (Å²) in [6.07, 6.45) is -4.89. The van der Waals surface area contributed by atoms with Crippen molar-refractivity contribution in [3.63, 3.8) is 0 Å². The van der Waals surface area contributed by atoms with Gasteiger partial charge in [-0.1, -0.05) is 11.3 Å². The van der Waals surface area contributed by atoms with Gasteiger partial charge < -0.3 is 29.7 Å². The molecule has 4 rings (SSSR count). The van der Waals surface area contributed by atoms with Gasteiger partial charge in [-0.25, -0.2) is 9.97 Å². The maximum atomic E-state index is 12.7. The number of aliphatic hydroxyl groups excluding tert-OH is 2. The van der Waals surface area contributed by atoms with Crippen LogP contribution >= 0.6 is 11.3 Å². The number of fused-ring (bicyclic) bond motifs is 2. The predicted molar refractivity (Wildman–Crippen MR) is 135 cm³/mol. The van der Waals surface area contributed by atoms with Crippen LogP contribution < -0.4 is 10.1 Å². The van der Waals surface area contributed by atoms with Crippen molar-refractivity contribution < 1.29 is 37.7 Å². The molecule has 0 radical (unpaired) electrons. The highest BCUT2D eigenvalue weighted by molar-refractivity contribution is 7.22. The number of anilines is 2. The summed E-state index contributed by atoms with van der Waals surface area (Å²) in [6.45, 7) is -0.311. The van der Waals surface area contributed by atoms with Crippen molar-refractivity contribution in [2.75, 3.05) is 31.6 Å². The third-order valence-electron chi connectivity index (χ3n) is 5.67. The van der Waals surface area contributed by atoms with Crippen LogP contribution in [0.5, 0.6) is 5.75 Å². The van der Waals surface area contributed by atoms with Crippen LogP contribution in [0.15, 0.2) is 36.4 Å². The second-order valence-corrected chi connectivity index (χ2v) is 9.30. The number of carbonyl (C=O) groups excluding carboxylic acids is 2. The first kappa shape index (κ1) is 27.3. The van der Waals surface area contributed by atoms with Crippen molar-refractivity contribution in [1.82, 2.24) is 19.4 Å². The van der Waals surface area contributed by atoms with E-state index in [-0.39, 0.29) is 56.6 Å². The van der Waals surface area contributed by atoms with E-state index in [1.54, 1.807) is 29.8 Å². The predicted octanol–water partition coefficient (Wildman–Crippen LogP) is 3.60. The van der Waals surface area contributed by atoms with Gasteiger partial charge in [-0.05, 0) is 30.3 Å². The number of benzene rings is 2. The number of ketones is 1. The van der Waals surface area contributed by atoms with Crippen molar-refractivity contribution in [1.29, 1.82) is 0 Å². The quantitative estimate of drug-likeness (QED) is 0.241. The van der Waals surface area contributed by atoms with E-state index < -0.39 is 6.36 Å². The van der Waals surface area contributed by atoms with Crippen molar-refractivity contribution in [2.24, 2.45) is 7.05 Å². The highest BCUT2D eigenvalue weighted by Crippen LogP contribution is 2.33. The summed E-state index contributed by atoms with van der Waals surface area (Å²) in [5.74, 6) is -0.512. The Balaban J connectivity index is 1.47. The van der Waals surface area contributed by atoms with E-state index in [0.717, 1.165) is 16.9 Å². The van der Waals surface area contributed by atoms with Gasteiger partial charge in [-0.15, -0.1) is 13.2 Å². The maximum Gasteiger partial charge on any atom is 0.573 e. The first-order chi connectivity index (χ1) is 18.1. The average molecular weight is 552 g/mol. The summed E-state index contributed by atoms with van der Waals surface area (Å²) in [4.78, 5) is 35.2. The molecule has 1 amide bonds. The van der Waals surface area contributed by atoms with Gasteiger partial charge in [0.2, 0.25) is 11.9 Å². The summed E-state index contributed by atoms with van der Waals surface area (Å²) >= 11 is 1.13. The number of hydrogen-bond acceptors (Lipinski definition) is 9. The molecule has 2 aromatic heterocycles. The van der Waals surface area contributed by atoms with Crippen molar-refractivity contribution in [2.45, 2.75) is 19.2 Å². The number of Topliss-reactive ketones (excluding diaryl/α,β-unsaturated/α-hetero) is 1. The van der Waals surface area contributed by atoms with Crippen molar-refractivity contribution >= 4 is 55.4 Å². The Hall–Kier alpha value is -3.75. The molecular formula is C24H24F3N5O5S. The molecule has 2 aromatic carbocycles. The molecule has 0 spiro atoms. The topological polar surface area (TPSA) is 130 Å². The summed E-state index contributed by atoms with van der Waals surface area (Å²) in [7, 11) is 1.76. The largest absolute Gasteiger partial charge is 0.573 e.